The first-order chi connectivity index (χ1) is 12.9. The van der Waals surface area contributed by atoms with Crippen molar-refractivity contribution >= 4 is 5.69 Å². The zero-order valence-corrected chi connectivity index (χ0v) is 16.4. The normalized spacial score (nSPS) is 16.1. The molecule has 27 heavy (non-hydrogen) atoms. The number of benzene rings is 1. The minimum atomic E-state index is -0.379. The van der Waals surface area contributed by atoms with E-state index in [1.54, 1.807) is 16.8 Å². The summed E-state index contributed by atoms with van der Waals surface area (Å²) in [5.74, 6) is 0.717. The molecule has 1 N–H and O–H groups in total. The molecule has 3 rings (SSSR count). The maximum absolute atomic E-state index is 10.9. The highest BCUT2D eigenvalue weighted by Crippen LogP contribution is 2.24. The highest BCUT2D eigenvalue weighted by atomic mass is 16.6. The van der Waals surface area contributed by atoms with E-state index in [4.69, 9.17) is 0 Å². The van der Waals surface area contributed by atoms with E-state index >= 15 is 0 Å². The van der Waals surface area contributed by atoms with E-state index in [2.05, 4.69) is 29.2 Å². The van der Waals surface area contributed by atoms with Gasteiger partial charge in [0.05, 0.1) is 10.6 Å². The number of hydrogen-bond acceptors (Lipinski definition) is 5. The highest BCUT2D eigenvalue weighted by molar-refractivity contribution is 5.64. The number of rotatable bonds is 7. The van der Waals surface area contributed by atoms with Crippen LogP contribution >= 0.6 is 0 Å². The van der Waals surface area contributed by atoms with Gasteiger partial charge in [0.15, 0.2) is 0 Å². The van der Waals surface area contributed by atoms with Gasteiger partial charge in [-0.2, -0.15) is 5.10 Å². The summed E-state index contributed by atoms with van der Waals surface area (Å²) in [5, 5.41) is 19.1. The average Bonchev–Trinajstić information content (AvgIpc) is 3.01. The molecule has 0 radical (unpaired) electrons. The summed E-state index contributed by atoms with van der Waals surface area (Å²) in [6, 6.07) is 7.14. The molecule has 146 valence electrons. The lowest BCUT2D eigenvalue weighted by molar-refractivity contribution is -0.384. The van der Waals surface area contributed by atoms with Crippen molar-refractivity contribution in [3.05, 3.63) is 46.1 Å². The number of nitrogens with zero attached hydrogens (tertiary/aromatic N) is 4. The first-order valence-electron chi connectivity index (χ1n) is 9.65. The number of nitrogens with one attached hydrogen (secondary N) is 1. The Morgan fingerprint density at radius 2 is 1.93 bits per heavy atom. The van der Waals surface area contributed by atoms with Gasteiger partial charge in [0.2, 0.25) is 0 Å². The molecular weight excluding hydrogens is 342 g/mol. The SMILES string of the molecule is CC(C)CN1CCC(NCc2cn(C)nc2-c2ccc([N+](=O)[O-])cc2)CC1. The second kappa shape index (κ2) is 8.63. The van der Waals surface area contributed by atoms with Crippen LogP contribution in [0.3, 0.4) is 0 Å². The summed E-state index contributed by atoms with van der Waals surface area (Å²) in [5.41, 5.74) is 3.01. The fraction of sp³-hybridized carbons (Fsp3) is 0.550. The predicted octanol–water partition coefficient (Wildman–Crippen LogP) is 3.21. The van der Waals surface area contributed by atoms with Crippen molar-refractivity contribution in [1.29, 1.82) is 0 Å². The Labute approximate surface area is 160 Å². The van der Waals surface area contributed by atoms with Gasteiger partial charge in [0.25, 0.3) is 5.69 Å². The minimum absolute atomic E-state index is 0.0995. The number of non-ortho nitro benzene ring substituents is 1. The standard InChI is InChI=1S/C20H29N5O2/c1-15(2)13-24-10-8-18(9-11-24)21-12-17-14-23(3)22-20(17)16-4-6-19(7-5-16)25(26)27/h4-7,14-15,18,21H,8-13H2,1-3H3. The van der Waals surface area contributed by atoms with E-state index in [1.807, 2.05) is 13.2 Å². The van der Waals surface area contributed by atoms with Crippen LogP contribution in [0.5, 0.6) is 0 Å². The number of aryl methyl sites for hydroxylation is 1. The van der Waals surface area contributed by atoms with Gasteiger partial charge in [-0.1, -0.05) is 13.8 Å². The smallest absolute Gasteiger partial charge is 0.269 e. The Bertz CT molecular complexity index is 761. The Morgan fingerprint density at radius 3 is 2.52 bits per heavy atom. The fourth-order valence-corrected chi connectivity index (χ4v) is 3.74. The zero-order valence-electron chi connectivity index (χ0n) is 16.4. The van der Waals surface area contributed by atoms with Crippen LogP contribution in [0, 0.1) is 16.0 Å². The number of hydrogen-bond donors (Lipinski definition) is 1. The third-order valence-electron chi connectivity index (χ3n) is 5.05. The van der Waals surface area contributed by atoms with Crippen molar-refractivity contribution in [3.63, 3.8) is 0 Å². The number of aromatic nitrogens is 2. The third-order valence-corrected chi connectivity index (χ3v) is 5.05. The van der Waals surface area contributed by atoms with Crippen molar-refractivity contribution in [2.45, 2.75) is 39.3 Å². The second-order valence-corrected chi connectivity index (χ2v) is 7.83. The summed E-state index contributed by atoms with van der Waals surface area (Å²) >= 11 is 0. The highest BCUT2D eigenvalue weighted by Gasteiger charge is 2.20. The maximum Gasteiger partial charge on any atom is 0.269 e. The molecule has 0 bridgehead atoms. The summed E-state index contributed by atoms with van der Waals surface area (Å²) in [6.45, 7) is 8.78. The molecule has 1 aromatic carbocycles. The quantitative estimate of drug-likeness (QED) is 0.597. The topological polar surface area (TPSA) is 76.2 Å². The molecule has 7 nitrogen and oxygen atoms in total. The molecule has 0 atom stereocenters. The minimum Gasteiger partial charge on any atom is -0.310 e. The molecule has 7 heteroatoms. The van der Waals surface area contributed by atoms with Crippen LogP contribution in [0.1, 0.15) is 32.3 Å². The van der Waals surface area contributed by atoms with Crippen molar-refractivity contribution in [3.8, 4) is 11.3 Å². The first kappa shape index (κ1) is 19.5. The number of piperidine rings is 1. The van der Waals surface area contributed by atoms with Gasteiger partial charge >= 0.3 is 0 Å². The third kappa shape index (κ3) is 5.14. The summed E-state index contributed by atoms with van der Waals surface area (Å²) < 4.78 is 1.80. The first-order valence-corrected chi connectivity index (χ1v) is 9.65. The van der Waals surface area contributed by atoms with Gasteiger partial charge in [0, 0.05) is 55.6 Å². The van der Waals surface area contributed by atoms with Crippen molar-refractivity contribution in [2.24, 2.45) is 13.0 Å². The summed E-state index contributed by atoms with van der Waals surface area (Å²) in [7, 11) is 1.91. The molecule has 0 aliphatic carbocycles. The molecule has 0 amide bonds. The van der Waals surface area contributed by atoms with Crippen molar-refractivity contribution < 1.29 is 4.92 Å². The molecule has 0 unspecified atom stereocenters. The summed E-state index contributed by atoms with van der Waals surface area (Å²) in [4.78, 5) is 13.0. The molecule has 0 spiro atoms. The molecule has 1 aliphatic heterocycles. The van der Waals surface area contributed by atoms with E-state index < -0.39 is 0 Å². The predicted molar refractivity (Wildman–Crippen MR) is 106 cm³/mol. The summed E-state index contributed by atoms with van der Waals surface area (Å²) in [6.07, 6.45) is 4.36. The van der Waals surface area contributed by atoms with E-state index in [1.165, 1.54) is 31.5 Å². The average molecular weight is 371 g/mol. The lowest BCUT2D eigenvalue weighted by atomic mass is 10.0. The van der Waals surface area contributed by atoms with Crippen LogP contribution in [0.25, 0.3) is 11.3 Å². The Kier molecular flexibility index (Phi) is 6.23. The Hall–Kier alpha value is -2.25. The molecule has 1 aromatic heterocycles. The largest absolute Gasteiger partial charge is 0.310 e. The fourth-order valence-electron chi connectivity index (χ4n) is 3.74. The molecule has 0 saturated carbocycles. The number of likely N-dealkylation sites (tertiary alicyclic amines) is 1. The van der Waals surface area contributed by atoms with Crippen molar-refractivity contribution in [1.82, 2.24) is 20.0 Å². The molecule has 2 aromatic rings. The van der Waals surface area contributed by atoms with Crippen LogP contribution < -0.4 is 5.32 Å². The Morgan fingerprint density at radius 1 is 1.26 bits per heavy atom. The van der Waals surface area contributed by atoms with E-state index in [9.17, 15) is 10.1 Å². The van der Waals surface area contributed by atoms with Crippen LogP contribution in [0.4, 0.5) is 5.69 Å². The van der Waals surface area contributed by atoms with Crippen LogP contribution in [-0.4, -0.2) is 45.3 Å². The molecular formula is C20H29N5O2. The zero-order chi connectivity index (χ0) is 19.4. The van der Waals surface area contributed by atoms with Crippen LogP contribution in [0.2, 0.25) is 0 Å². The molecule has 2 heterocycles. The van der Waals surface area contributed by atoms with Crippen LogP contribution in [-0.2, 0) is 13.6 Å². The molecule has 1 aliphatic rings. The van der Waals surface area contributed by atoms with Gasteiger partial charge in [-0.15, -0.1) is 0 Å². The van der Waals surface area contributed by atoms with Gasteiger partial charge in [-0.3, -0.25) is 14.8 Å². The Balaban J connectivity index is 1.61. The molecule has 1 saturated heterocycles. The van der Waals surface area contributed by atoms with Gasteiger partial charge in [0.1, 0.15) is 0 Å². The second-order valence-electron chi connectivity index (χ2n) is 7.83. The maximum atomic E-state index is 10.9. The van der Waals surface area contributed by atoms with E-state index in [0.29, 0.717) is 12.0 Å². The molecule has 1 fully saturated rings. The van der Waals surface area contributed by atoms with E-state index in [-0.39, 0.29) is 10.6 Å². The lowest BCUT2D eigenvalue weighted by Crippen LogP contribution is -2.43. The number of nitro groups is 1. The van der Waals surface area contributed by atoms with Gasteiger partial charge < -0.3 is 10.2 Å². The monoisotopic (exact) mass is 371 g/mol. The number of nitro benzene ring substituents is 1. The lowest BCUT2D eigenvalue weighted by Gasteiger charge is -2.33. The van der Waals surface area contributed by atoms with Crippen molar-refractivity contribution in [2.75, 3.05) is 19.6 Å². The van der Waals surface area contributed by atoms with Gasteiger partial charge in [-0.25, -0.2) is 0 Å². The van der Waals surface area contributed by atoms with Gasteiger partial charge in [-0.05, 0) is 44.0 Å². The van der Waals surface area contributed by atoms with Crippen LogP contribution in [0.15, 0.2) is 30.5 Å². The van der Waals surface area contributed by atoms with E-state index in [0.717, 1.165) is 36.5 Å².